The average Bonchev–Trinajstić information content (AvgIpc) is 3.31. The van der Waals surface area contributed by atoms with Crippen molar-refractivity contribution >= 4 is 22.7 Å². The Kier molecular flexibility index (Phi) is 5.38. The first-order chi connectivity index (χ1) is 14.6. The highest BCUT2D eigenvalue weighted by Gasteiger charge is 2.11. The summed E-state index contributed by atoms with van der Waals surface area (Å²) >= 11 is 0. The lowest BCUT2D eigenvalue weighted by Gasteiger charge is -2.08. The fourth-order valence-electron chi connectivity index (χ4n) is 2.99. The Morgan fingerprint density at radius 1 is 0.933 bits per heavy atom. The first kappa shape index (κ1) is 19.1. The number of aromatic amines is 1. The molecule has 2 heterocycles. The van der Waals surface area contributed by atoms with Gasteiger partial charge in [-0.05, 0) is 29.3 Å². The number of nitrogens with one attached hydrogen (secondary N) is 3. The van der Waals surface area contributed by atoms with Crippen LogP contribution in [-0.2, 0) is 13.1 Å². The number of furan rings is 1. The highest BCUT2D eigenvalue weighted by molar-refractivity contribution is 5.93. The number of rotatable bonds is 6. The summed E-state index contributed by atoms with van der Waals surface area (Å²) in [5, 5.41) is 5.99. The number of para-hydroxylation sites is 1. The van der Waals surface area contributed by atoms with Gasteiger partial charge in [-0.2, -0.15) is 0 Å². The molecule has 0 aliphatic rings. The fourth-order valence-corrected chi connectivity index (χ4v) is 2.99. The standard InChI is InChI=1S/C22H18N4O4/c27-20(16-8-9-30-13-16)23-11-14-4-3-5-15(10-14)12-24-22(29)19-25-18-7-2-1-6-17(18)21(28)26-19/h1-10,13H,11-12H2,(H,23,27)(H,24,29)(H,25,26,28). The number of carbonyl (C=O) groups is 2. The molecule has 0 saturated carbocycles. The number of fused-ring (bicyclic) bond motifs is 1. The molecule has 3 N–H and O–H groups in total. The topological polar surface area (TPSA) is 117 Å². The van der Waals surface area contributed by atoms with Gasteiger partial charge in [0.1, 0.15) is 6.26 Å². The molecule has 0 aliphatic heterocycles. The van der Waals surface area contributed by atoms with Crippen LogP contribution in [-0.4, -0.2) is 21.8 Å². The molecule has 4 rings (SSSR count). The van der Waals surface area contributed by atoms with Gasteiger partial charge < -0.3 is 20.0 Å². The molecule has 2 aromatic heterocycles. The summed E-state index contributed by atoms with van der Waals surface area (Å²) in [6.07, 6.45) is 2.82. The van der Waals surface area contributed by atoms with E-state index in [1.807, 2.05) is 24.3 Å². The molecule has 0 unspecified atom stereocenters. The Morgan fingerprint density at radius 3 is 2.40 bits per heavy atom. The summed E-state index contributed by atoms with van der Waals surface area (Å²) in [6.45, 7) is 0.588. The van der Waals surface area contributed by atoms with Gasteiger partial charge >= 0.3 is 0 Å². The van der Waals surface area contributed by atoms with Gasteiger partial charge in [-0.3, -0.25) is 14.4 Å². The molecule has 0 bridgehead atoms. The van der Waals surface area contributed by atoms with Crippen LogP contribution in [0.5, 0.6) is 0 Å². The van der Waals surface area contributed by atoms with E-state index >= 15 is 0 Å². The Bertz CT molecular complexity index is 1260. The van der Waals surface area contributed by atoms with Crippen molar-refractivity contribution in [2.24, 2.45) is 0 Å². The number of hydrogen-bond acceptors (Lipinski definition) is 5. The second kappa shape index (κ2) is 8.44. The minimum absolute atomic E-state index is 0.0396. The molecule has 0 spiro atoms. The van der Waals surface area contributed by atoms with Gasteiger partial charge in [0.25, 0.3) is 17.4 Å². The Morgan fingerprint density at radius 2 is 1.67 bits per heavy atom. The Balaban J connectivity index is 1.39. The predicted molar refractivity (Wildman–Crippen MR) is 110 cm³/mol. The van der Waals surface area contributed by atoms with Crippen LogP contribution in [0, 0.1) is 0 Å². The van der Waals surface area contributed by atoms with E-state index < -0.39 is 5.91 Å². The summed E-state index contributed by atoms with van der Waals surface area (Å²) in [4.78, 5) is 43.3. The summed E-state index contributed by atoms with van der Waals surface area (Å²) in [5.41, 5.74) is 2.29. The molecule has 4 aromatic rings. The normalized spacial score (nSPS) is 10.7. The lowest BCUT2D eigenvalue weighted by atomic mass is 10.1. The van der Waals surface area contributed by atoms with Crippen molar-refractivity contribution in [3.05, 3.63) is 100.0 Å². The number of nitrogens with zero attached hydrogens (tertiary/aromatic N) is 1. The van der Waals surface area contributed by atoms with Crippen molar-refractivity contribution in [2.75, 3.05) is 0 Å². The van der Waals surface area contributed by atoms with Crippen LogP contribution in [0.25, 0.3) is 10.9 Å². The molecule has 150 valence electrons. The molecule has 8 heteroatoms. The highest BCUT2D eigenvalue weighted by atomic mass is 16.3. The van der Waals surface area contributed by atoms with Gasteiger partial charge in [-0.1, -0.05) is 36.4 Å². The first-order valence-corrected chi connectivity index (χ1v) is 9.25. The van der Waals surface area contributed by atoms with E-state index in [4.69, 9.17) is 4.42 Å². The quantitative estimate of drug-likeness (QED) is 0.458. The van der Waals surface area contributed by atoms with E-state index in [-0.39, 0.29) is 23.8 Å². The molecule has 2 amide bonds. The van der Waals surface area contributed by atoms with Gasteiger partial charge in [0, 0.05) is 13.1 Å². The van der Waals surface area contributed by atoms with Crippen LogP contribution in [0.1, 0.15) is 32.1 Å². The Labute approximate surface area is 171 Å². The van der Waals surface area contributed by atoms with Crippen LogP contribution >= 0.6 is 0 Å². The maximum Gasteiger partial charge on any atom is 0.287 e. The Hall–Kier alpha value is -4.20. The van der Waals surface area contributed by atoms with Gasteiger partial charge in [0.2, 0.25) is 0 Å². The zero-order valence-corrected chi connectivity index (χ0v) is 15.8. The smallest absolute Gasteiger partial charge is 0.287 e. The summed E-state index contributed by atoms with van der Waals surface area (Å²) in [7, 11) is 0. The second-order valence-electron chi connectivity index (χ2n) is 6.63. The molecule has 30 heavy (non-hydrogen) atoms. The maximum atomic E-state index is 12.4. The van der Waals surface area contributed by atoms with Gasteiger partial charge in [0.15, 0.2) is 5.82 Å². The number of carbonyl (C=O) groups excluding carboxylic acids is 2. The van der Waals surface area contributed by atoms with Gasteiger partial charge in [-0.15, -0.1) is 0 Å². The maximum absolute atomic E-state index is 12.4. The lowest BCUT2D eigenvalue weighted by molar-refractivity contribution is 0.0936. The first-order valence-electron chi connectivity index (χ1n) is 9.25. The minimum Gasteiger partial charge on any atom is -0.472 e. The third kappa shape index (κ3) is 4.27. The van der Waals surface area contributed by atoms with Crippen LogP contribution in [0.2, 0.25) is 0 Å². The third-order valence-electron chi connectivity index (χ3n) is 4.51. The zero-order valence-electron chi connectivity index (χ0n) is 15.8. The van der Waals surface area contributed by atoms with Crippen LogP contribution < -0.4 is 16.2 Å². The van der Waals surface area contributed by atoms with Gasteiger partial charge in [0.05, 0.1) is 22.7 Å². The number of hydrogen-bond donors (Lipinski definition) is 3. The summed E-state index contributed by atoms with van der Waals surface area (Å²) in [6, 6.07) is 15.9. The summed E-state index contributed by atoms with van der Waals surface area (Å²) < 4.78 is 4.90. The third-order valence-corrected chi connectivity index (χ3v) is 4.51. The molecule has 0 atom stereocenters. The van der Waals surface area contributed by atoms with E-state index in [2.05, 4.69) is 20.6 Å². The van der Waals surface area contributed by atoms with E-state index in [9.17, 15) is 14.4 Å². The SMILES string of the molecule is O=C(NCc1cccc(CNC(=O)c2nc3ccccc3c(=O)[nH]2)c1)c1ccoc1. The monoisotopic (exact) mass is 402 g/mol. The van der Waals surface area contributed by atoms with Crippen molar-refractivity contribution in [1.29, 1.82) is 0 Å². The number of benzene rings is 2. The number of H-pyrrole nitrogens is 1. The molecule has 0 radical (unpaired) electrons. The van der Waals surface area contributed by atoms with Crippen molar-refractivity contribution in [3.63, 3.8) is 0 Å². The van der Waals surface area contributed by atoms with Crippen molar-refractivity contribution in [3.8, 4) is 0 Å². The van der Waals surface area contributed by atoms with E-state index in [0.717, 1.165) is 11.1 Å². The second-order valence-corrected chi connectivity index (χ2v) is 6.63. The van der Waals surface area contributed by atoms with Gasteiger partial charge in [-0.25, -0.2) is 4.98 Å². The van der Waals surface area contributed by atoms with E-state index in [0.29, 0.717) is 23.0 Å². The fraction of sp³-hybridized carbons (Fsp3) is 0.0909. The van der Waals surface area contributed by atoms with Crippen molar-refractivity contribution in [2.45, 2.75) is 13.1 Å². The largest absolute Gasteiger partial charge is 0.472 e. The van der Waals surface area contributed by atoms with Crippen molar-refractivity contribution < 1.29 is 14.0 Å². The lowest BCUT2D eigenvalue weighted by Crippen LogP contribution is -2.27. The molecule has 8 nitrogen and oxygen atoms in total. The van der Waals surface area contributed by atoms with E-state index in [1.54, 1.807) is 30.3 Å². The molecule has 0 fully saturated rings. The predicted octanol–water partition coefficient (Wildman–Crippen LogP) is 2.38. The zero-order chi connectivity index (χ0) is 20.9. The highest BCUT2D eigenvalue weighted by Crippen LogP contribution is 2.08. The number of amides is 2. The molecule has 0 saturated heterocycles. The van der Waals surface area contributed by atoms with Crippen LogP contribution in [0.15, 0.2) is 76.3 Å². The number of aromatic nitrogens is 2. The van der Waals surface area contributed by atoms with E-state index in [1.165, 1.54) is 12.5 Å². The van der Waals surface area contributed by atoms with Crippen molar-refractivity contribution in [1.82, 2.24) is 20.6 Å². The molecular weight excluding hydrogens is 384 g/mol. The minimum atomic E-state index is -0.475. The molecule has 2 aromatic carbocycles. The molecular formula is C22H18N4O4. The molecule has 0 aliphatic carbocycles. The summed E-state index contributed by atoms with van der Waals surface area (Å²) in [5.74, 6) is -0.743. The van der Waals surface area contributed by atoms with Crippen LogP contribution in [0.3, 0.4) is 0 Å². The average molecular weight is 402 g/mol. The van der Waals surface area contributed by atoms with Crippen LogP contribution in [0.4, 0.5) is 0 Å².